The van der Waals surface area contributed by atoms with Gasteiger partial charge in [0.1, 0.15) is 18.0 Å². The highest BCUT2D eigenvalue weighted by Crippen LogP contribution is 2.47. The quantitative estimate of drug-likeness (QED) is 0.419. The average Bonchev–Trinajstić information content (AvgIpc) is 3.51. The summed E-state index contributed by atoms with van der Waals surface area (Å²) in [7, 11) is 0. The van der Waals surface area contributed by atoms with E-state index in [4.69, 9.17) is 4.74 Å². The number of aliphatic hydroxyl groups is 2. The Balaban J connectivity index is 1.65. The summed E-state index contributed by atoms with van der Waals surface area (Å²) in [6, 6.07) is 6.93. The zero-order valence-electron chi connectivity index (χ0n) is 20.8. The molecule has 7 heteroatoms. The van der Waals surface area contributed by atoms with Crippen LogP contribution in [0.3, 0.4) is 0 Å². The summed E-state index contributed by atoms with van der Waals surface area (Å²) < 4.78 is 6.19. The zero-order valence-corrected chi connectivity index (χ0v) is 20.8. The Kier molecular flexibility index (Phi) is 8.84. The lowest BCUT2D eigenvalue weighted by atomic mass is 9.77. The van der Waals surface area contributed by atoms with E-state index >= 15 is 0 Å². The molecular weight excluding hydrogens is 444 g/mol. The number of hydrogen-bond acceptors (Lipinski definition) is 5. The molecular formula is C28H40N2O5. The largest absolute Gasteiger partial charge is 0.486 e. The Labute approximate surface area is 208 Å². The first-order chi connectivity index (χ1) is 17.0. The van der Waals surface area contributed by atoms with Gasteiger partial charge in [0.2, 0.25) is 11.8 Å². The van der Waals surface area contributed by atoms with Crippen molar-refractivity contribution in [3.05, 3.63) is 41.5 Å². The van der Waals surface area contributed by atoms with E-state index < -0.39 is 24.2 Å². The number of ether oxygens (including phenoxy) is 1. The van der Waals surface area contributed by atoms with Crippen LogP contribution in [-0.2, 0) is 9.59 Å². The van der Waals surface area contributed by atoms with Crippen LogP contribution < -0.4 is 10.1 Å². The van der Waals surface area contributed by atoms with E-state index in [1.54, 1.807) is 11.0 Å². The third-order valence-corrected chi connectivity index (χ3v) is 7.75. The number of nitrogens with zero attached hydrogens (tertiary/aromatic N) is 1. The van der Waals surface area contributed by atoms with E-state index in [0.29, 0.717) is 30.2 Å². The summed E-state index contributed by atoms with van der Waals surface area (Å²) in [5, 5.41) is 23.5. The Morgan fingerprint density at radius 1 is 1.14 bits per heavy atom. The fourth-order valence-corrected chi connectivity index (χ4v) is 5.92. The number of fused-ring (bicyclic) bond motifs is 3. The SMILES string of the molecule is CCCCCCN(C(=O)CC1CCCC1)C1C=C(C(=O)NCCO)C2c3ccccc3OC2C1O. The predicted octanol–water partition coefficient (Wildman–Crippen LogP) is 3.30. The number of unbranched alkanes of at least 4 members (excludes halogenated alkanes) is 3. The third-order valence-electron chi connectivity index (χ3n) is 7.75. The highest BCUT2D eigenvalue weighted by atomic mass is 16.5. The Morgan fingerprint density at radius 3 is 2.66 bits per heavy atom. The second-order valence-electron chi connectivity index (χ2n) is 10.2. The fourth-order valence-electron chi connectivity index (χ4n) is 5.92. The number of carbonyl (C=O) groups is 2. The number of hydrogen-bond donors (Lipinski definition) is 3. The first-order valence-electron chi connectivity index (χ1n) is 13.4. The summed E-state index contributed by atoms with van der Waals surface area (Å²) >= 11 is 0. The lowest BCUT2D eigenvalue weighted by Crippen LogP contribution is -2.56. The number of amides is 2. The summed E-state index contributed by atoms with van der Waals surface area (Å²) in [6.45, 7) is 2.70. The van der Waals surface area contributed by atoms with Crippen LogP contribution in [0.2, 0.25) is 0 Å². The number of rotatable bonds is 11. The highest BCUT2D eigenvalue weighted by Gasteiger charge is 2.50. The number of aliphatic hydroxyl groups excluding tert-OH is 2. The van der Waals surface area contributed by atoms with Gasteiger partial charge >= 0.3 is 0 Å². The standard InChI is InChI=1S/C28H40N2O5/c1-2-3-4-9-15-30(24(32)17-19-10-5-6-11-19)22-18-21(28(34)29-14-16-31)25-20-12-7-8-13-23(20)35-27(25)26(22)33/h7-8,12-13,18-19,22,25-27,31,33H,2-6,9-11,14-17H2,1H3,(H,29,34). The van der Waals surface area contributed by atoms with E-state index in [0.717, 1.165) is 44.1 Å². The van der Waals surface area contributed by atoms with Crippen LogP contribution in [0.15, 0.2) is 35.9 Å². The molecule has 0 bridgehead atoms. The monoisotopic (exact) mass is 484 g/mol. The van der Waals surface area contributed by atoms with Crippen molar-refractivity contribution in [1.82, 2.24) is 10.2 Å². The first-order valence-corrected chi connectivity index (χ1v) is 13.4. The van der Waals surface area contributed by atoms with Crippen molar-refractivity contribution in [1.29, 1.82) is 0 Å². The van der Waals surface area contributed by atoms with Crippen molar-refractivity contribution in [2.45, 2.75) is 88.9 Å². The van der Waals surface area contributed by atoms with E-state index in [1.165, 1.54) is 12.8 Å². The molecule has 1 aromatic rings. The minimum Gasteiger partial charge on any atom is -0.486 e. The topological polar surface area (TPSA) is 99.1 Å². The van der Waals surface area contributed by atoms with Gasteiger partial charge in [-0.25, -0.2) is 0 Å². The number of benzene rings is 1. The molecule has 4 unspecified atom stereocenters. The van der Waals surface area contributed by atoms with Gasteiger partial charge in [-0.3, -0.25) is 9.59 Å². The molecule has 35 heavy (non-hydrogen) atoms. The maximum atomic E-state index is 13.6. The molecule has 1 aliphatic heterocycles. The first kappa shape index (κ1) is 25.7. The van der Waals surface area contributed by atoms with Gasteiger partial charge in [0, 0.05) is 30.6 Å². The van der Waals surface area contributed by atoms with Crippen molar-refractivity contribution < 1.29 is 24.5 Å². The highest BCUT2D eigenvalue weighted by molar-refractivity contribution is 5.96. The molecule has 1 saturated carbocycles. The summed E-state index contributed by atoms with van der Waals surface area (Å²) in [4.78, 5) is 28.6. The van der Waals surface area contributed by atoms with Gasteiger partial charge in [-0.1, -0.05) is 57.2 Å². The molecule has 0 aromatic heterocycles. The van der Waals surface area contributed by atoms with Crippen LogP contribution in [0.4, 0.5) is 0 Å². The van der Waals surface area contributed by atoms with Crippen LogP contribution in [0.25, 0.3) is 0 Å². The lowest BCUT2D eigenvalue weighted by Gasteiger charge is -2.41. The maximum absolute atomic E-state index is 13.6. The normalized spacial score (nSPS) is 25.4. The second-order valence-corrected chi connectivity index (χ2v) is 10.2. The van der Waals surface area contributed by atoms with Gasteiger partial charge in [0.25, 0.3) is 0 Å². The van der Waals surface area contributed by atoms with E-state index in [-0.39, 0.29) is 25.0 Å². The van der Waals surface area contributed by atoms with Crippen LogP contribution >= 0.6 is 0 Å². The van der Waals surface area contributed by atoms with Crippen LogP contribution in [0.5, 0.6) is 5.75 Å². The molecule has 3 aliphatic rings. The molecule has 4 atom stereocenters. The number of nitrogens with one attached hydrogen (secondary N) is 1. The molecule has 0 spiro atoms. The molecule has 3 N–H and O–H groups in total. The molecule has 1 aromatic carbocycles. The minimum absolute atomic E-state index is 0.0535. The molecule has 1 heterocycles. The summed E-state index contributed by atoms with van der Waals surface area (Å²) in [5.74, 6) is 0.411. The van der Waals surface area contributed by atoms with Crippen molar-refractivity contribution >= 4 is 11.8 Å². The van der Waals surface area contributed by atoms with Crippen molar-refractivity contribution in [2.75, 3.05) is 19.7 Å². The van der Waals surface area contributed by atoms with Gasteiger partial charge in [-0.15, -0.1) is 0 Å². The Bertz CT molecular complexity index is 910. The van der Waals surface area contributed by atoms with Crippen molar-refractivity contribution in [3.8, 4) is 5.75 Å². The Morgan fingerprint density at radius 2 is 1.91 bits per heavy atom. The van der Waals surface area contributed by atoms with E-state index in [2.05, 4.69) is 12.2 Å². The zero-order chi connectivity index (χ0) is 24.8. The summed E-state index contributed by atoms with van der Waals surface area (Å²) in [6.07, 6.45) is 9.29. The van der Waals surface area contributed by atoms with Crippen LogP contribution in [-0.4, -0.2) is 64.9 Å². The van der Waals surface area contributed by atoms with Gasteiger partial charge < -0.3 is 25.2 Å². The van der Waals surface area contributed by atoms with E-state index in [9.17, 15) is 19.8 Å². The molecule has 2 aliphatic carbocycles. The van der Waals surface area contributed by atoms with Gasteiger partial charge in [0.05, 0.1) is 18.6 Å². The second kappa shape index (κ2) is 12.0. The minimum atomic E-state index is -0.944. The van der Waals surface area contributed by atoms with Crippen molar-refractivity contribution in [2.24, 2.45) is 5.92 Å². The van der Waals surface area contributed by atoms with Gasteiger partial charge in [0.15, 0.2) is 0 Å². The smallest absolute Gasteiger partial charge is 0.247 e. The summed E-state index contributed by atoms with van der Waals surface area (Å²) in [5.41, 5.74) is 1.36. The molecule has 192 valence electrons. The maximum Gasteiger partial charge on any atom is 0.247 e. The van der Waals surface area contributed by atoms with E-state index in [1.807, 2.05) is 24.3 Å². The molecule has 2 amide bonds. The average molecular weight is 485 g/mol. The number of carbonyl (C=O) groups excluding carboxylic acids is 2. The van der Waals surface area contributed by atoms with Crippen LogP contribution in [0.1, 0.15) is 76.2 Å². The van der Waals surface area contributed by atoms with Gasteiger partial charge in [-0.05, 0) is 37.3 Å². The molecule has 7 nitrogen and oxygen atoms in total. The number of para-hydroxylation sites is 1. The van der Waals surface area contributed by atoms with Crippen molar-refractivity contribution in [3.63, 3.8) is 0 Å². The fraction of sp³-hybridized carbons (Fsp3) is 0.643. The Hall–Kier alpha value is -2.38. The van der Waals surface area contributed by atoms with Gasteiger partial charge in [-0.2, -0.15) is 0 Å². The molecule has 4 rings (SSSR count). The molecule has 0 saturated heterocycles. The molecule has 1 fully saturated rings. The lowest BCUT2D eigenvalue weighted by molar-refractivity contribution is -0.138. The predicted molar refractivity (Wildman–Crippen MR) is 134 cm³/mol. The molecule has 0 radical (unpaired) electrons. The third kappa shape index (κ3) is 5.72. The van der Waals surface area contributed by atoms with Crippen LogP contribution in [0, 0.1) is 5.92 Å².